The van der Waals surface area contributed by atoms with Gasteiger partial charge in [0.05, 0.1) is 18.6 Å². The van der Waals surface area contributed by atoms with Crippen molar-refractivity contribution in [3.8, 4) is 0 Å². The van der Waals surface area contributed by atoms with Crippen molar-refractivity contribution in [3.05, 3.63) is 51.5 Å². The van der Waals surface area contributed by atoms with Crippen LogP contribution in [0.1, 0.15) is 118 Å². The second-order valence-corrected chi connectivity index (χ2v) is 16.0. The van der Waals surface area contributed by atoms with Gasteiger partial charge in [0.15, 0.2) is 6.10 Å². The van der Waals surface area contributed by atoms with E-state index in [0.717, 1.165) is 62.1 Å². The fraction of sp³-hybridized carbons (Fsp3) is 0.650. The quantitative estimate of drug-likeness (QED) is 0.0874. The maximum atomic E-state index is 14.0. The number of ether oxygens (including phenoxy) is 2. The number of halogens is 3. The standard InChI is InChI=1S/C40H58F3N5O7S/c1-24(2)33(48(6)38(52)31(21-28-12-13-28)46-35(50)11-9-8-10-18-44-5)22-34(55-26(4)49)37-47-32(23-56-37)36(51)45-30(19-25(3)39(53)54-7)20-27-14-16-29(17-15-27)40(41,42)43/h14-17,23-25,28,30-31,33-34,44H,8-13,18-22H2,1-7H3,(H,45,51)(H,46,50)/t25-,30+,31-,33+,34+/m0/s1. The van der Waals surface area contributed by atoms with E-state index in [0.29, 0.717) is 29.3 Å². The first kappa shape index (κ1) is 46.3. The van der Waals surface area contributed by atoms with Crippen molar-refractivity contribution in [2.75, 3.05) is 27.7 Å². The molecular weight excluding hydrogens is 752 g/mol. The summed E-state index contributed by atoms with van der Waals surface area (Å²) in [5, 5.41) is 10.8. The predicted octanol–water partition coefficient (Wildman–Crippen LogP) is 6.24. The number of benzene rings is 1. The average molecular weight is 810 g/mol. The van der Waals surface area contributed by atoms with Gasteiger partial charge in [-0.25, -0.2) is 4.98 Å². The van der Waals surface area contributed by atoms with Gasteiger partial charge in [-0.1, -0.05) is 52.2 Å². The number of amides is 3. The Hall–Kier alpha value is -4.05. The Morgan fingerprint density at radius 2 is 1.68 bits per heavy atom. The molecule has 56 heavy (non-hydrogen) atoms. The first-order chi connectivity index (χ1) is 26.4. The number of carbonyl (C=O) groups is 5. The molecule has 16 heteroatoms. The number of esters is 2. The van der Waals surface area contributed by atoms with Crippen LogP contribution in [0, 0.1) is 17.8 Å². The molecule has 12 nitrogen and oxygen atoms in total. The van der Waals surface area contributed by atoms with E-state index < -0.39 is 59.7 Å². The Balaban J connectivity index is 1.78. The fourth-order valence-corrected chi connectivity index (χ4v) is 7.51. The molecule has 0 aliphatic heterocycles. The molecule has 0 saturated heterocycles. The van der Waals surface area contributed by atoms with E-state index in [2.05, 4.69) is 20.9 Å². The van der Waals surface area contributed by atoms with Crippen LogP contribution in [-0.4, -0.2) is 85.4 Å². The molecule has 0 spiro atoms. The number of methoxy groups -OCH3 is 1. The smallest absolute Gasteiger partial charge is 0.416 e. The van der Waals surface area contributed by atoms with Gasteiger partial charge in [0.2, 0.25) is 11.8 Å². The van der Waals surface area contributed by atoms with Crippen LogP contribution in [0.4, 0.5) is 13.2 Å². The van der Waals surface area contributed by atoms with Crippen molar-refractivity contribution in [2.24, 2.45) is 17.8 Å². The van der Waals surface area contributed by atoms with Crippen molar-refractivity contribution in [1.82, 2.24) is 25.8 Å². The number of nitrogens with zero attached hydrogens (tertiary/aromatic N) is 2. The van der Waals surface area contributed by atoms with Crippen LogP contribution < -0.4 is 16.0 Å². The van der Waals surface area contributed by atoms with E-state index in [1.165, 1.54) is 31.5 Å². The molecule has 312 valence electrons. The van der Waals surface area contributed by atoms with Crippen molar-refractivity contribution in [1.29, 1.82) is 0 Å². The molecule has 1 aromatic heterocycles. The van der Waals surface area contributed by atoms with Crippen LogP contribution in [0.3, 0.4) is 0 Å². The van der Waals surface area contributed by atoms with E-state index in [1.807, 2.05) is 20.9 Å². The Morgan fingerprint density at radius 1 is 1.00 bits per heavy atom. The lowest BCUT2D eigenvalue weighted by atomic mass is 9.95. The van der Waals surface area contributed by atoms with Crippen LogP contribution in [0.2, 0.25) is 0 Å². The number of carbonyl (C=O) groups excluding carboxylic acids is 5. The third-order valence-electron chi connectivity index (χ3n) is 9.98. The molecular formula is C40H58F3N5O7S. The highest BCUT2D eigenvalue weighted by molar-refractivity contribution is 7.09. The van der Waals surface area contributed by atoms with Gasteiger partial charge >= 0.3 is 18.1 Å². The van der Waals surface area contributed by atoms with E-state index >= 15 is 0 Å². The van der Waals surface area contributed by atoms with Gasteiger partial charge in [-0.15, -0.1) is 11.3 Å². The predicted molar refractivity (Wildman–Crippen MR) is 206 cm³/mol. The number of aromatic nitrogens is 1. The van der Waals surface area contributed by atoms with Gasteiger partial charge in [0, 0.05) is 44.3 Å². The molecule has 1 aromatic carbocycles. The molecule has 5 atom stereocenters. The van der Waals surface area contributed by atoms with Gasteiger partial charge in [-0.3, -0.25) is 24.0 Å². The summed E-state index contributed by atoms with van der Waals surface area (Å²) in [4.78, 5) is 71.2. The van der Waals surface area contributed by atoms with Gasteiger partial charge in [-0.05, 0) is 75.2 Å². The Labute approximate surface area is 332 Å². The van der Waals surface area contributed by atoms with E-state index in [4.69, 9.17) is 9.47 Å². The number of nitrogens with one attached hydrogen (secondary N) is 3. The lowest BCUT2D eigenvalue weighted by Crippen LogP contribution is -2.52. The second-order valence-electron chi connectivity index (χ2n) is 15.1. The normalized spacial score (nSPS) is 15.6. The van der Waals surface area contributed by atoms with Crippen molar-refractivity contribution in [2.45, 2.75) is 122 Å². The van der Waals surface area contributed by atoms with E-state index in [9.17, 15) is 37.1 Å². The van der Waals surface area contributed by atoms with Crippen LogP contribution in [0.25, 0.3) is 0 Å². The van der Waals surface area contributed by atoms with Crippen LogP contribution in [-0.2, 0) is 41.2 Å². The number of unbranched alkanes of at least 4 members (excludes halogenated alkanes) is 2. The van der Waals surface area contributed by atoms with Crippen LogP contribution in [0.5, 0.6) is 0 Å². The first-order valence-corrected chi connectivity index (χ1v) is 20.2. The van der Waals surface area contributed by atoms with E-state index in [-0.39, 0.29) is 42.7 Å². The third-order valence-corrected chi connectivity index (χ3v) is 10.9. The molecule has 1 heterocycles. The number of alkyl halides is 3. The van der Waals surface area contributed by atoms with Gasteiger partial charge in [0.1, 0.15) is 16.7 Å². The molecule has 0 bridgehead atoms. The molecule has 1 fully saturated rings. The Bertz CT molecular complexity index is 1600. The van der Waals surface area contributed by atoms with E-state index in [1.54, 1.807) is 18.9 Å². The maximum Gasteiger partial charge on any atom is 0.416 e. The monoisotopic (exact) mass is 809 g/mol. The highest BCUT2D eigenvalue weighted by Gasteiger charge is 2.37. The molecule has 3 N–H and O–H groups in total. The Morgan fingerprint density at radius 3 is 2.25 bits per heavy atom. The van der Waals surface area contributed by atoms with Gasteiger partial charge < -0.3 is 30.3 Å². The van der Waals surface area contributed by atoms with Gasteiger partial charge in [0.25, 0.3) is 5.91 Å². The molecule has 1 aliphatic carbocycles. The van der Waals surface area contributed by atoms with Crippen molar-refractivity contribution in [3.63, 3.8) is 0 Å². The van der Waals surface area contributed by atoms with Crippen molar-refractivity contribution >= 4 is 41.0 Å². The highest BCUT2D eigenvalue weighted by atomic mass is 32.1. The minimum Gasteiger partial charge on any atom is -0.469 e. The van der Waals surface area contributed by atoms with Crippen LogP contribution >= 0.6 is 11.3 Å². The molecule has 2 aromatic rings. The van der Waals surface area contributed by atoms with Crippen molar-refractivity contribution < 1.29 is 46.6 Å². The number of rotatable bonds is 23. The number of hydrogen-bond acceptors (Lipinski definition) is 10. The topological polar surface area (TPSA) is 156 Å². The third kappa shape index (κ3) is 15.1. The summed E-state index contributed by atoms with van der Waals surface area (Å²) in [5.74, 6) is -2.38. The average Bonchev–Trinajstić information content (AvgIpc) is 3.82. The number of likely N-dealkylation sites (N-methyl/N-ethyl adjacent to an activating group) is 1. The fourth-order valence-electron chi connectivity index (χ4n) is 6.68. The molecule has 0 radical (unpaired) electrons. The minimum absolute atomic E-state index is 0.0222. The Kier molecular flexibility index (Phi) is 18.2. The largest absolute Gasteiger partial charge is 0.469 e. The summed E-state index contributed by atoms with van der Waals surface area (Å²) in [5.41, 5.74) is -0.260. The number of thiazole rings is 1. The highest BCUT2D eigenvalue weighted by Crippen LogP contribution is 2.35. The maximum absolute atomic E-state index is 14.0. The summed E-state index contributed by atoms with van der Waals surface area (Å²) in [7, 11) is 4.82. The lowest BCUT2D eigenvalue weighted by Gasteiger charge is -2.35. The van der Waals surface area contributed by atoms with Gasteiger partial charge in [-0.2, -0.15) is 13.2 Å². The second kappa shape index (κ2) is 22.0. The molecule has 1 saturated carbocycles. The summed E-state index contributed by atoms with van der Waals surface area (Å²) in [6, 6.07) is 2.81. The number of hydrogen-bond donors (Lipinski definition) is 3. The lowest BCUT2D eigenvalue weighted by molar-refractivity contribution is -0.149. The zero-order valence-corrected chi connectivity index (χ0v) is 34.3. The summed E-state index contributed by atoms with van der Waals surface area (Å²) in [6.45, 7) is 7.67. The first-order valence-electron chi connectivity index (χ1n) is 19.3. The zero-order chi connectivity index (χ0) is 41.6. The molecule has 0 unspecified atom stereocenters. The molecule has 3 rings (SSSR count). The summed E-state index contributed by atoms with van der Waals surface area (Å²) >= 11 is 1.11. The van der Waals surface area contributed by atoms with Crippen LogP contribution in [0.15, 0.2) is 29.6 Å². The zero-order valence-electron chi connectivity index (χ0n) is 33.5. The SMILES string of the molecule is CNCCCCCC(=O)N[C@@H](CC1CC1)C(=O)N(C)[C@H](C[C@@H](OC(C)=O)c1nc(C(=O)N[C@@H](Cc2ccc(C(F)(F)F)cc2)C[C@H](C)C(=O)OC)cs1)C(C)C. The summed E-state index contributed by atoms with van der Waals surface area (Å²) in [6.07, 6.45) is 0.548. The molecule has 1 aliphatic rings. The summed E-state index contributed by atoms with van der Waals surface area (Å²) < 4.78 is 50.1. The molecule has 3 amide bonds. The minimum atomic E-state index is -4.50.